The van der Waals surface area contributed by atoms with Crippen molar-refractivity contribution in [3.8, 4) is 0 Å². The first-order valence-electron chi connectivity index (χ1n) is 6.85. The Labute approximate surface area is 108 Å². The van der Waals surface area contributed by atoms with Crippen molar-refractivity contribution in [2.45, 2.75) is 38.3 Å². The lowest BCUT2D eigenvalue weighted by Crippen LogP contribution is -2.39. The number of carbonyl (C=O) groups is 1. The van der Waals surface area contributed by atoms with Crippen LogP contribution in [0.5, 0.6) is 0 Å². The van der Waals surface area contributed by atoms with Gasteiger partial charge in [0.1, 0.15) is 0 Å². The summed E-state index contributed by atoms with van der Waals surface area (Å²) in [5, 5.41) is 0. The van der Waals surface area contributed by atoms with Crippen molar-refractivity contribution in [3.05, 3.63) is 35.4 Å². The molecule has 0 radical (unpaired) electrons. The number of carbonyl (C=O) groups excluding carboxylic acids is 1. The molecule has 1 saturated carbocycles. The summed E-state index contributed by atoms with van der Waals surface area (Å²) in [7, 11) is 0. The second-order valence-corrected chi connectivity index (χ2v) is 5.55. The lowest BCUT2D eigenvalue weighted by molar-refractivity contribution is -0.136. The minimum absolute atomic E-state index is 0.172. The van der Waals surface area contributed by atoms with E-state index in [0.29, 0.717) is 5.91 Å². The third-order valence-electron chi connectivity index (χ3n) is 4.26. The number of nitrogens with zero attached hydrogens (tertiary/aromatic N) is 1. The molecule has 0 aromatic heterocycles. The van der Waals surface area contributed by atoms with E-state index in [-0.39, 0.29) is 12.0 Å². The molecule has 1 aliphatic heterocycles. The van der Waals surface area contributed by atoms with Crippen LogP contribution in [0.25, 0.3) is 0 Å². The van der Waals surface area contributed by atoms with E-state index in [1.807, 2.05) is 4.90 Å². The molecule has 3 nitrogen and oxygen atoms in total. The molecule has 2 N–H and O–H groups in total. The number of amides is 1. The fourth-order valence-corrected chi connectivity index (χ4v) is 3.18. The summed E-state index contributed by atoms with van der Waals surface area (Å²) in [6.07, 6.45) is 3.83. The Morgan fingerprint density at radius 2 is 2.00 bits per heavy atom. The van der Waals surface area contributed by atoms with Gasteiger partial charge in [-0.25, -0.2) is 0 Å². The third-order valence-corrected chi connectivity index (χ3v) is 4.26. The number of benzene rings is 1. The van der Waals surface area contributed by atoms with Gasteiger partial charge in [-0.15, -0.1) is 0 Å². The van der Waals surface area contributed by atoms with E-state index >= 15 is 0 Å². The Hall–Kier alpha value is -1.35. The second kappa shape index (κ2) is 4.73. The summed E-state index contributed by atoms with van der Waals surface area (Å²) in [6.45, 7) is 1.64. The van der Waals surface area contributed by atoms with Crippen molar-refractivity contribution in [2.24, 2.45) is 11.7 Å². The Morgan fingerprint density at radius 1 is 1.22 bits per heavy atom. The zero-order valence-electron chi connectivity index (χ0n) is 10.6. The monoisotopic (exact) mass is 244 g/mol. The average Bonchev–Trinajstić information content (AvgIpc) is 2.84. The summed E-state index contributed by atoms with van der Waals surface area (Å²) >= 11 is 0. The molecular weight excluding hydrogens is 224 g/mol. The van der Waals surface area contributed by atoms with Crippen molar-refractivity contribution < 1.29 is 4.79 Å². The first-order chi connectivity index (χ1) is 8.74. The highest BCUT2D eigenvalue weighted by Gasteiger charge is 2.32. The highest BCUT2D eigenvalue weighted by Crippen LogP contribution is 2.28. The maximum absolute atomic E-state index is 12.4. The van der Waals surface area contributed by atoms with Crippen molar-refractivity contribution in [1.82, 2.24) is 4.90 Å². The molecule has 1 heterocycles. The highest BCUT2D eigenvalue weighted by atomic mass is 16.2. The number of rotatable bonds is 1. The van der Waals surface area contributed by atoms with Crippen molar-refractivity contribution in [1.29, 1.82) is 0 Å². The van der Waals surface area contributed by atoms with Crippen LogP contribution in [0, 0.1) is 5.92 Å². The van der Waals surface area contributed by atoms with Gasteiger partial charge in [0, 0.05) is 25.0 Å². The summed E-state index contributed by atoms with van der Waals surface area (Å²) in [4.78, 5) is 14.4. The van der Waals surface area contributed by atoms with Crippen LogP contribution < -0.4 is 5.73 Å². The largest absolute Gasteiger partial charge is 0.338 e. The molecule has 2 unspecified atom stereocenters. The molecular formula is C15H20N2O. The predicted octanol–water partition coefficient (Wildman–Crippen LogP) is 1.70. The van der Waals surface area contributed by atoms with Gasteiger partial charge in [-0.2, -0.15) is 0 Å². The van der Waals surface area contributed by atoms with Gasteiger partial charge in [-0.3, -0.25) is 4.79 Å². The van der Waals surface area contributed by atoms with Crippen LogP contribution in [0.3, 0.4) is 0 Å². The zero-order chi connectivity index (χ0) is 12.5. The quantitative estimate of drug-likeness (QED) is 0.817. The molecule has 1 fully saturated rings. The van der Waals surface area contributed by atoms with E-state index in [9.17, 15) is 4.79 Å². The Bertz CT molecular complexity index is 458. The van der Waals surface area contributed by atoms with E-state index in [0.717, 1.165) is 38.8 Å². The van der Waals surface area contributed by atoms with Crippen LogP contribution in [0.15, 0.2) is 24.3 Å². The molecule has 96 valence electrons. The second-order valence-electron chi connectivity index (χ2n) is 5.55. The SMILES string of the molecule is NC1CCC(C(=O)N2CCc3ccccc3C2)C1. The summed E-state index contributed by atoms with van der Waals surface area (Å²) in [5.74, 6) is 0.489. The number of hydrogen-bond acceptors (Lipinski definition) is 2. The molecule has 0 spiro atoms. The summed E-state index contributed by atoms with van der Waals surface area (Å²) in [6, 6.07) is 8.67. The Kier molecular flexibility index (Phi) is 3.08. The van der Waals surface area contributed by atoms with E-state index in [1.54, 1.807) is 0 Å². The molecule has 1 aromatic rings. The highest BCUT2D eigenvalue weighted by molar-refractivity contribution is 5.79. The average molecular weight is 244 g/mol. The maximum Gasteiger partial charge on any atom is 0.226 e. The van der Waals surface area contributed by atoms with Gasteiger partial charge in [0.2, 0.25) is 5.91 Å². The number of fused-ring (bicyclic) bond motifs is 1. The molecule has 2 atom stereocenters. The normalized spacial score (nSPS) is 27.1. The minimum Gasteiger partial charge on any atom is -0.338 e. The minimum atomic E-state index is 0.172. The first kappa shape index (κ1) is 11.7. The van der Waals surface area contributed by atoms with Gasteiger partial charge in [0.25, 0.3) is 0 Å². The molecule has 2 aliphatic rings. The molecule has 18 heavy (non-hydrogen) atoms. The smallest absolute Gasteiger partial charge is 0.226 e. The molecule has 0 bridgehead atoms. The fourth-order valence-electron chi connectivity index (χ4n) is 3.18. The Balaban J connectivity index is 1.70. The molecule has 3 heteroatoms. The summed E-state index contributed by atoms with van der Waals surface area (Å²) < 4.78 is 0. The van der Waals surface area contributed by atoms with E-state index in [2.05, 4.69) is 24.3 Å². The van der Waals surface area contributed by atoms with Crippen molar-refractivity contribution >= 4 is 5.91 Å². The summed E-state index contributed by atoms with van der Waals surface area (Å²) in [5.41, 5.74) is 8.60. The lowest BCUT2D eigenvalue weighted by atomic mass is 9.98. The molecule has 1 aliphatic carbocycles. The topological polar surface area (TPSA) is 46.3 Å². The first-order valence-corrected chi connectivity index (χ1v) is 6.85. The molecule has 3 rings (SSSR count). The number of nitrogens with two attached hydrogens (primary N) is 1. The van der Waals surface area contributed by atoms with Gasteiger partial charge in [-0.1, -0.05) is 24.3 Å². The van der Waals surface area contributed by atoms with Crippen molar-refractivity contribution in [3.63, 3.8) is 0 Å². The van der Waals surface area contributed by atoms with E-state index < -0.39 is 0 Å². The fraction of sp³-hybridized carbons (Fsp3) is 0.533. The van der Waals surface area contributed by atoms with Gasteiger partial charge >= 0.3 is 0 Å². The lowest BCUT2D eigenvalue weighted by Gasteiger charge is -2.30. The van der Waals surface area contributed by atoms with Crippen LogP contribution in [-0.2, 0) is 17.8 Å². The number of hydrogen-bond donors (Lipinski definition) is 1. The van der Waals surface area contributed by atoms with Crippen LogP contribution in [-0.4, -0.2) is 23.4 Å². The van der Waals surface area contributed by atoms with Gasteiger partial charge in [0.05, 0.1) is 0 Å². The Morgan fingerprint density at radius 3 is 2.72 bits per heavy atom. The van der Waals surface area contributed by atoms with Gasteiger partial charge in [0.15, 0.2) is 0 Å². The van der Waals surface area contributed by atoms with Gasteiger partial charge < -0.3 is 10.6 Å². The zero-order valence-corrected chi connectivity index (χ0v) is 10.6. The molecule has 1 aromatic carbocycles. The van der Waals surface area contributed by atoms with Gasteiger partial charge in [-0.05, 0) is 36.8 Å². The third kappa shape index (κ3) is 2.15. The van der Waals surface area contributed by atoms with E-state index in [1.165, 1.54) is 11.1 Å². The van der Waals surface area contributed by atoms with Crippen molar-refractivity contribution in [2.75, 3.05) is 6.54 Å². The maximum atomic E-state index is 12.4. The molecule has 1 amide bonds. The van der Waals surface area contributed by atoms with Crippen LogP contribution in [0.1, 0.15) is 30.4 Å². The van der Waals surface area contributed by atoms with Crippen LogP contribution in [0.4, 0.5) is 0 Å². The standard InChI is InChI=1S/C15H20N2O/c16-14-6-5-12(9-14)15(18)17-8-7-11-3-1-2-4-13(11)10-17/h1-4,12,14H,5-10,16H2. The predicted molar refractivity (Wildman–Crippen MR) is 70.9 cm³/mol. The van der Waals surface area contributed by atoms with E-state index in [4.69, 9.17) is 5.73 Å². The molecule has 0 saturated heterocycles. The van der Waals surface area contributed by atoms with Crippen LogP contribution in [0.2, 0.25) is 0 Å². The van der Waals surface area contributed by atoms with Crippen LogP contribution >= 0.6 is 0 Å².